The van der Waals surface area contributed by atoms with E-state index in [9.17, 15) is 14.9 Å². The minimum absolute atomic E-state index is 0.233. The highest BCUT2D eigenvalue weighted by Gasteiger charge is 2.20. The summed E-state index contributed by atoms with van der Waals surface area (Å²) in [4.78, 5) is 45.9. The molecule has 0 amide bonds. The highest BCUT2D eigenvalue weighted by atomic mass is 32.2. The number of H-pyrrole nitrogens is 1. The number of hydrogen-bond donors (Lipinski definition) is 1. The molecule has 0 atom stereocenters. The van der Waals surface area contributed by atoms with Gasteiger partial charge in [-0.3, -0.25) is 19.3 Å². The summed E-state index contributed by atoms with van der Waals surface area (Å²) in [6.07, 6.45) is 6.70. The van der Waals surface area contributed by atoms with Gasteiger partial charge in [0.25, 0.3) is 5.56 Å². The average molecular weight is 482 g/mol. The lowest BCUT2D eigenvalue weighted by atomic mass is 9.86. The fourth-order valence-corrected chi connectivity index (χ4v) is 4.14. The second kappa shape index (κ2) is 8.45. The number of nitrogens with one attached hydrogen (secondary N) is 1. The van der Waals surface area contributed by atoms with Crippen LogP contribution in [0.15, 0.2) is 69.7 Å². The summed E-state index contributed by atoms with van der Waals surface area (Å²) in [5.41, 5.74) is 2.08. The number of pyridine rings is 2. The zero-order valence-corrected chi connectivity index (χ0v) is 19.9. The first-order valence-electron chi connectivity index (χ1n) is 10.7. The summed E-state index contributed by atoms with van der Waals surface area (Å²) >= 11 is 1.44. The Morgan fingerprint density at radius 1 is 1.00 bits per heavy atom. The van der Waals surface area contributed by atoms with Crippen molar-refractivity contribution in [3.8, 4) is 23.0 Å². The molecule has 0 fully saturated rings. The largest absolute Gasteiger partial charge is 0.333 e. The Morgan fingerprint density at radius 2 is 1.71 bits per heavy atom. The van der Waals surface area contributed by atoms with Crippen molar-refractivity contribution in [1.29, 1.82) is 5.26 Å². The fraction of sp³-hybridized carbons (Fsp3) is 0.160. The van der Waals surface area contributed by atoms with E-state index in [2.05, 4.69) is 26.0 Å². The van der Waals surface area contributed by atoms with Crippen molar-refractivity contribution in [2.24, 2.45) is 0 Å². The third-order valence-electron chi connectivity index (χ3n) is 5.81. The van der Waals surface area contributed by atoms with Crippen molar-refractivity contribution in [2.45, 2.75) is 24.4 Å². The molecule has 5 rings (SSSR count). The topological polar surface area (TPSA) is 130 Å². The Balaban J connectivity index is 1.79. The molecule has 0 aliphatic carbocycles. The number of aromatic nitrogens is 6. The zero-order chi connectivity index (χ0) is 24.7. The summed E-state index contributed by atoms with van der Waals surface area (Å²) in [5.74, 6) is 0. The van der Waals surface area contributed by atoms with E-state index in [1.165, 1.54) is 22.5 Å². The van der Waals surface area contributed by atoms with Crippen LogP contribution in [0, 0.1) is 11.3 Å². The summed E-state index contributed by atoms with van der Waals surface area (Å²) < 4.78 is 1.41. The van der Waals surface area contributed by atoms with E-state index >= 15 is 0 Å². The summed E-state index contributed by atoms with van der Waals surface area (Å²) in [6, 6.07) is 13.0. The van der Waals surface area contributed by atoms with E-state index in [-0.39, 0.29) is 5.39 Å². The summed E-state index contributed by atoms with van der Waals surface area (Å²) in [7, 11) is 0. The van der Waals surface area contributed by atoms with Crippen LogP contribution in [0.4, 0.5) is 0 Å². The highest BCUT2D eigenvalue weighted by Crippen LogP contribution is 2.27. The minimum Gasteiger partial charge on any atom is -0.273 e. The lowest BCUT2D eigenvalue weighted by molar-refractivity contribution is 0.686. The van der Waals surface area contributed by atoms with Gasteiger partial charge in [0.05, 0.1) is 39.3 Å². The number of rotatable bonds is 4. The van der Waals surface area contributed by atoms with Crippen molar-refractivity contribution >= 4 is 33.7 Å². The molecule has 0 unspecified atom stereocenters. The fourth-order valence-electron chi connectivity index (χ4n) is 3.82. The molecule has 1 N–H and O–H groups in total. The predicted octanol–water partition coefficient (Wildman–Crippen LogP) is 3.60. The van der Waals surface area contributed by atoms with E-state index < -0.39 is 16.7 Å². The predicted molar refractivity (Wildman–Crippen MR) is 135 cm³/mol. The first-order chi connectivity index (χ1) is 16.8. The van der Waals surface area contributed by atoms with Crippen molar-refractivity contribution < 1.29 is 0 Å². The molecule has 5 aromatic rings. The number of benzene rings is 1. The van der Waals surface area contributed by atoms with Gasteiger partial charge in [0.1, 0.15) is 5.52 Å². The van der Waals surface area contributed by atoms with Crippen molar-refractivity contribution in [3.63, 3.8) is 0 Å². The second-order valence-electron chi connectivity index (χ2n) is 8.42. The van der Waals surface area contributed by atoms with Crippen LogP contribution in [-0.2, 0) is 5.41 Å². The third kappa shape index (κ3) is 3.86. The zero-order valence-electron chi connectivity index (χ0n) is 19.1. The van der Waals surface area contributed by atoms with Gasteiger partial charge in [-0.1, -0.05) is 23.9 Å². The molecule has 0 saturated carbocycles. The van der Waals surface area contributed by atoms with Crippen LogP contribution in [0.1, 0.15) is 19.4 Å². The Labute approximate surface area is 203 Å². The van der Waals surface area contributed by atoms with Crippen LogP contribution < -0.4 is 11.2 Å². The lowest BCUT2D eigenvalue weighted by Gasteiger charge is -2.17. The molecule has 35 heavy (non-hydrogen) atoms. The van der Waals surface area contributed by atoms with E-state index in [1.54, 1.807) is 48.8 Å². The van der Waals surface area contributed by atoms with Gasteiger partial charge in [0.2, 0.25) is 0 Å². The summed E-state index contributed by atoms with van der Waals surface area (Å²) in [5, 5.41) is 10.3. The maximum atomic E-state index is 13.0. The van der Waals surface area contributed by atoms with Gasteiger partial charge >= 0.3 is 5.69 Å². The second-order valence-corrected chi connectivity index (χ2v) is 9.19. The Morgan fingerprint density at radius 3 is 2.37 bits per heavy atom. The molecule has 0 spiro atoms. The van der Waals surface area contributed by atoms with E-state index in [0.717, 1.165) is 5.56 Å². The van der Waals surface area contributed by atoms with Crippen LogP contribution in [-0.4, -0.2) is 35.7 Å². The molecular formula is C25H19N7O2S. The number of aromatic amines is 1. The molecule has 10 heteroatoms. The van der Waals surface area contributed by atoms with Crippen LogP contribution >= 0.6 is 11.8 Å². The SMILES string of the molecule is CSc1ncc(-c2ccc3ncc4c(=O)[nH]c(=O)n(-c5ccc(C(C)(C)C#N)cc5)c4c3n2)cn1. The van der Waals surface area contributed by atoms with Gasteiger partial charge < -0.3 is 0 Å². The maximum absolute atomic E-state index is 13.0. The number of nitrogens with zero attached hydrogens (tertiary/aromatic N) is 6. The van der Waals surface area contributed by atoms with E-state index in [4.69, 9.17) is 4.98 Å². The molecule has 0 aliphatic rings. The third-order valence-corrected chi connectivity index (χ3v) is 6.39. The number of hydrogen-bond acceptors (Lipinski definition) is 8. The normalized spacial score (nSPS) is 11.6. The maximum Gasteiger partial charge on any atom is 0.333 e. The number of nitriles is 1. The number of fused-ring (bicyclic) bond motifs is 3. The molecule has 9 nitrogen and oxygen atoms in total. The molecule has 4 heterocycles. The monoisotopic (exact) mass is 481 g/mol. The molecule has 0 saturated heterocycles. The van der Waals surface area contributed by atoms with E-state index in [0.29, 0.717) is 38.7 Å². The molecule has 4 aromatic heterocycles. The molecule has 1 aromatic carbocycles. The minimum atomic E-state index is -0.683. The van der Waals surface area contributed by atoms with Gasteiger partial charge in [-0.25, -0.2) is 19.7 Å². The molecule has 0 aliphatic heterocycles. The van der Waals surface area contributed by atoms with Gasteiger partial charge in [-0.05, 0) is 49.9 Å². The molecular weight excluding hydrogens is 462 g/mol. The van der Waals surface area contributed by atoms with Gasteiger partial charge in [-0.15, -0.1) is 0 Å². The van der Waals surface area contributed by atoms with Crippen LogP contribution in [0.2, 0.25) is 0 Å². The lowest BCUT2D eigenvalue weighted by Crippen LogP contribution is -2.29. The van der Waals surface area contributed by atoms with Gasteiger partial charge in [0, 0.05) is 24.2 Å². The first kappa shape index (κ1) is 22.4. The first-order valence-corrected chi connectivity index (χ1v) is 11.9. The van der Waals surface area contributed by atoms with Crippen molar-refractivity contribution in [2.75, 3.05) is 6.26 Å². The summed E-state index contributed by atoms with van der Waals surface area (Å²) in [6.45, 7) is 3.65. The van der Waals surface area contributed by atoms with Gasteiger partial charge in [-0.2, -0.15) is 5.26 Å². The standard InChI is InChI=1S/C25H19N7O2S/c1-25(2,13-26)15-4-6-16(7-5-15)32-21-17(22(33)31-24(32)34)12-27-19-9-8-18(30-20(19)21)14-10-28-23(35-3)29-11-14/h4-12H,1-3H3,(H,31,33,34). The smallest absolute Gasteiger partial charge is 0.273 e. The van der Waals surface area contributed by atoms with E-state index in [1.807, 2.05) is 20.1 Å². The highest BCUT2D eigenvalue weighted by molar-refractivity contribution is 7.98. The molecule has 0 bridgehead atoms. The Hall–Kier alpha value is -4.36. The number of thioether (sulfide) groups is 1. The van der Waals surface area contributed by atoms with Gasteiger partial charge in [0.15, 0.2) is 5.16 Å². The Bertz CT molecular complexity index is 1750. The van der Waals surface area contributed by atoms with Crippen LogP contribution in [0.3, 0.4) is 0 Å². The van der Waals surface area contributed by atoms with Crippen LogP contribution in [0.25, 0.3) is 38.9 Å². The van der Waals surface area contributed by atoms with Crippen molar-refractivity contribution in [1.82, 2.24) is 29.5 Å². The molecule has 0 radical (unpaired) electrons. The quantitative estimate of drug-likeness (QED) is 0.234. The Kier molecular flexibility index (Phi) is 5.42. The average Bonchev–Trinajstić information content (AvgIpc) is 2.88. The van der Waals surface area contributed by atoms with Crippen LogP contribution in [0.5, 0.6) is 0 Å². The van der Waals surface area contributed by atoms with Crippen molar-refractivity contribution in [3.05, 3.63) is 81.4 Å². The molecule has 172 valence electrons.